The Bertz CT molecular complexity index is 666. The highest BCUT2D eigenvalue weighted by molar-refractivity contribution is 8.01. The monoisotopic (exact) mass is 314 g/mol. The molecule has 0 spiro atoms. The average molecular weight is 314 g/mol. The van der Waals surface area contributed by atoms with E-state index < -0.39 is 6.10 Å². The van der Waals surface area contributed by atoms with Crippen molar-refractivity contribution in [3.63, 3.8) is 0 Å². The summed E-state index contributed by atoms with van der Waals surface area (Å²) in [6.45, 7) is 9.00. The summed E-state index contributed by atoms with van der Waals surface area (Å²) in [7, 11) is 0. The summed E-state index contributed by atoms with van der Waals surface area (Å²) < 4.78 is 1.73. The topological polar surface area (TPSA) is 38.0 Å². The lowest BCUT2D eigenvalue weighted by atomic mass is 9.91. The molecule has 1 aliphatic rings. The number of nitrogens with zero attached hydrogens (tertiary/aromatic N) is 2. The van der Waals surface area contributed by atoms with Crippen LogP contribution in [0.5, 0.6) is 0 Å². The van der Waals surface area contributed by atoms with Crippen LogP contribution in [0.4, 0.5) is 0 Å². The molecule has 0 bridgehead atoms. The Hall–Kier alpha value is -1.52. The Balaban J connectivity index is 1.97. The number of allylic oxidation sites excluding steroid dienone is 1. The lowest BCUT2D eigenvalue weighted by molar-refractivity contribution is 0.123. The van der Waals surface area contributed by atoms with Crippen molar-refractivity contribution < 1.29 is 5.11 Å². The largest absolute Gasteiger partial charge is 0.387 e. The van der Waals surface area contributed by atoms with Crippen LogP contribution in [0.3, 0.4) is 0 Å². The zero-order chi connectivity index (χ0) is 15.7. The minimum atomic E-state index is -0.492. The average Bonchev–Trinajstić information content (AvgIpc) is 3.07. The summed E-state index contributed by atoms with van der Waals surface area (Å²) in [5, 5.41) is 10.9. The maximum absolute atomic E-state index is 10.9. The molecule has 0 aliphatic carbocycles. The molecule has 0 saturated carbocycles. The molecule has 2 unspecified atom stereocenters. The number of rotatable bonds is 5. The van der Waals surface area contributed by atoms with Gasteiger partial charge in [-0.2, -0.15) is 0 Å². The lowest BCUT2D eigenvalue weighted by Gasteiger charge is -2.31. The highest BCUT2D eigenvalue weighted by Gasteiger charge is 2.46. The van der Waals surface area contributed by atoms with E-state index in [9.17, 15) is 5.11 Å². The predicted molar refractivity (Wildman–Crippen MR) is 91.1 cm³/mol. The van der Waals surface area contributed by atoms with Crippen molar-refractivity contribution in [3.8, 4) is 0 Å². The molecule has 2 atom stereocenters. The van der Waals surface area contributed by atoms with E-state index in [-0.39, 0.29) is 4.75 Å². The first-order valence-electron chi connectivity index (χ1n) is 7.63. The van der Waals surface area contributed by atoms with Gasteiger partial charge in [0.1, 0.15) is 0 Å². The van der Waals surface area contributed by atoms with Crippen LogP contribution in [0.2, 0.25) is 0 Å². The number of benzene rings is 1. The van der Waals surface area contributed by atoms with Crippen LogP contribution in [0, 0.1) is 0 Å². The van der Waals surface area contributed by atoms with Crippen molar-refractivity contribution in [1.82, 2.24) is 9.55 Å². The Morgan fingerprint density at radius 1 is 1.50 bits per heavy atom. The van der Waals surface area contributed by atoms with E-state index in [1.54, 1.807) is 24.3 Å². The number of hydrogen-bond donors (Lipinski definition) is 1. The zero-order valence-corrected chi connectivity index (χ0v) is 13.9. The molecule has 0 saturated heterocycles. The molecule has 1 N–H and O–H groups in total. The zero-order valence-electron chi connectivity index (χ0n) is 13.1. The fraction of sp³-hybridized carbons (Fsp3) is 0.389. The summed E-state index contributed by atoms with van der Waals surface area (Å²) in [5.41, 5.74) is 2.35. The van der Waals surface area contributed by atoms with Crippen LogP contribution in [-0.4, -0.2) is 19.4 Å². The van der Waals surface area contributed by atoms with Gasteiger partial charge in [0, 0.05) is 23.8 Å². The molecule has 0 fully saturated rings. The van der Waals surface area contributed by atoms with Gasteiger partial charge in [0.25, 0.3) is 0 Å². The van der Waals surface area contributed by atoms with Gasteiger partial charge in [-0.15, -0.1) is 18.3 Å². The van der Waals surface area contributed by atoms with Crippen LogP contribution < -0.4 is 0 Å². The second-order valence-electron chi connectivity index (χ2n) is 6.25. The normalized spacial score (nSPS) is 23.7. The van der Waals surface area contributed by atoms with Gasteiger partial charge in [0.15, 0.2) is 0 Å². The van der Waals surface area contributed by atoms with Crippen molar-refractivity contribution in [2.75, 3.05) is 0 Å². The maximum atomic E-state index is 10.9. The van der Waals surface area contributed by atoms with Crippen LogP contribution in [0.25, 0.3) is 0 Å². The van der Waals surface area contributed by atoms with Gasteiger partial charge in [-0.25, -0.2) is 4.98 Å². The first kappa shape index (κ1) is 15.4. The van der Waals surface area contributed by atoms with Crippen molar-refractivity contribution in [2.45, 2.75) is 48.5 Å². The maximum Gasteiger partial charge on any atom is 0.0971 e. The van der Waals surface area contributed by atoms with Gasteiger partial charge in [-0.3, -0.25) is 0 Å². The molecule has 22 heavy (non-hydrogen) atoms. The molecular formula is C18H22N2OS. The third-order valence-corrected chi connectivity index (χ3v) is 5.81. The summed E-state index contributed by atoms with van der Waals surface area (Å²) in [5.74, 6) is 0.492. The number of aromatic nitrogens is 2. The fourth-order valence-electron chi connectivity index (χ4n) is 3.05. The van der Waals surface area contributed by atoms with E-state index in [4.69, 9.17) is 0 Å². The highest BCUT2D eigenvalue weighted by Crippen LogP contribution is 2.55. The molecule has 0 amide bonds. The molecule has 1 aromatic carbocycles. The molecule has 3 nitrogen and oxygen atoms in total. The quantitative estimate of drug-likeness (QED) is 0.842. The molecule has 4 heteroatoms. The second-order valence-corrected chi connectivity index (χ2v) is 7.71. The van der Waals surface area contributed by atoms with E-state index in [2.05, 4.69) is 43.6 Å². The van der Waals surface area contributed by atoms with E-state index in [0.717, 1.165) is 18.5 Å². The van der Waals surface area contributed by atoms with E-state index in [1.165, 1.54) is 10.5 Å². The molecule has 1 aliphatic heterocycles. The van der Waals surface area contributed by atoms with Crippen LogP contribution in [-0.2, 0) is 6.54 Å². The van der Waals surface area contributed by atoms with Crippen molar-refractivity contribution in [1.29, 1.82) is 0 Å². The minimum Gasteiger partial charge on any atom is -0.387 e. The van der Waals surface area contributed by atoms with Crippen molar-refractivity contribution in [2.24, 2.45) is 0 Å². The van der Waals surface area contributed by atoms with E-state index in [1.807, 2.05) is 16.8 Å². The Labute approximate surface area is 136 Å². The van der Waals surface area contributed by atoms with Crippen LogP contribution in [0.15, 0.2) is 54.5 Å². The number of hydrogen-bond acceptors (Lipinski definition) is 3. The van der Waals surface area contributed by atoms with Gasteiger partial charge in [0.05, 0.1) is 17.2 Å². The smallest absolute Gasteiger partial charge is 0.0971 e. The van der Waals surface area contributed by atoms with Gasteiger partial charge < -0.3 is 9.67 Å². The van der Waals surface area contributed by atoms with Crippen LogP contribution in [0.1, 0.15) is 43.4 Å². The van der Waals surface area contributed by atoms with Gasteiger partial charge in [0.2, 0.25) is 0 Å². The first-order chi connectivity index (χ1) is 10.6. The Morgan fingerprint density at radius 3 is 2.95 bits per heavy atom. The number of thioether (sulfide) groups is 1. The standard InChI is InChI=1S/C18H22N2OS/c1-4-7-18(11-20-9-8-19-12-20)17(21)15-6-5-14(13(2)3)10-16(15)22-18/h4-6,8-10,12-13,17,21H,1,7,11H2,2-3H3. The third-order valence-electron chi connectivity index (χ3n) is 4.31. The molecule has 116 valence electrons. The molecular weight excluding hydrogens is 292 g/mol. The summed E-state index contributed by atoms with van der Waals surface area (Å²) in [6.07, 6.45) is 7.69. The van der Waals surface area contributed by atoms with Gasteiger partial charge in [-0.1, -0.05) is 32.1 Å². The highest BCUT2D eigenvalue weighted by atomic mass is 32.2. The molecule has 2 heterocycles. The predicted octanol–water partition coefficient (Wildman–Crippen LogP) is 4.16. The Morgan fingerprint density at radius 2 is 2.32 bits per heavy atom. The molecule has 3 rings (SSSR count). The van der Waals surface area contributed by atoms with Gasteiger partial charge in [-0.05, 0) is 29.5 Å². The number of aliphatic hydroxyl groups is 1. The molecule has 1 aromatic heterocycles. The summed E-state index contributed by atoms with van der Waals surface area (Å²) >= 11 is 1.78. The van der Waals surface area contributed by atoms with Gasteiger partial charge >= 0.3 is 0 Å². The molecule has 2 aromatic rings. The summed E-state index contributed by atoms with van der Waals surface area (Å²) in [6, 6.07) is 6.45. The first-order valence-corrected chi connectivity index (χ1v) is 8.45. The fourth-order valence-corrected chi connectivity index (χ4v) is 4.64. The second kappa shape index (κ2) is 5.94. The lowest BCUT2D eigenvalue weighted by Crippen LogP contribution is -2.33. The number of imidazole rings is 1. The minimum absolute atomic E-state index is 0.305. The summed E-state index contributed by atoms with van der Waals surface area (Å²) in [4.78, 5) is 5.31. The van der Waals surface area contributed by atoms with E-state index >= 15 is 0 Å². The molecule has 0 radical (unpaired) electrons. The SMILES string of the molecule is C=CCC1(Cn2ccnc2)Sc2cc(C(C)C)ccc2C1O. The number of fused-ring (bicyclic) bond motifs is 1. The van der Waals surface area contributed by atoms with Crippen molar-refractivity contribution in [3.05, 3.63) is 60.7 Å². The van der Waals surface area contributed by atoms with Crippen molar-refractivity contribution >= 4 is 11.8 Å². The Kier molecular flexibility index (Phi) is 4.15. The van der Waals surface area contributed by atoms with E-state index in [0.29, 0.717) is 5.92 Å². The van der Waals surface area contributed by atoms with Crippen LogP contribution >= 0.6 is 11.8 Å². The number of aliphatic hydroxyl groups excluding tert-OH is 1. The third kappa shape index (κ3) is 2.61.